The molecule has 0 bridgehead atoms. The molecule has 1 N–H and O–H groups in total. The van der Waals surface area contributed by atoms with E-state index in [9.17, 15) is 4.79 Å². The van der Waals surface area contributed by atoms with E-state index in [1.165, 1.54) is 17.5 Å². The van der Waals surface area contributed by atoms with Crippen LogP contribution in [0.5, 0.6) is 11.5 Å². The SMILES string of the molecule is O=C(NO[C@H]1CCCCO1)c1cnc(-c2ccc3c(c2)OCO3)s1. The van der Waals surface area contributed by atoms with Crippen LogP contribution >= 0.6 is 11.3 Å². The second-order valence-corrected chi connectivity index (χ2v) is 6.47. The maximum absolute atomic E-state index is 12.2. The normalized spacial score (nSPS) is 19.2. The fourth-order valence-electron chi connectivity index (χ4n) is 2.52. The van der Waals surface area contributed by atoms with E-state index >= 15 is 0 Å². The van der Waals surface area contributed by atoms with E-state index in [4.69, 9.17) is 19.0 Å². The molecule has 4 rings (SSSR count). The molecular formula is C16H16N2O5S. The van der Waals surface area contributed by atoms with Crippen LogP contribution in [-0.4, -0.2) is 30.6 Å². The second-order valence-electron chi connectivity index (χ2n) is 5.44. The first-order valence-electron chi connectivity index (χ1n) is 7.73. The Hall–Kier alpha value is -2.16. The Bertz CT molecular complexity index is 742. The van der Waals surface area contributed by atoms with Crippen LogP contribution in [0.25, 0.3) is 10.6 Å². The van der Waals surface area contributed by atoms with Gasteiger partial charge < -0.3 is 14.2 Å². The number of amides is 1. The smallest absolute Gasteiger partial charge is 0.286 e. The quantitative estimate of drug-likeness (QED) is 0.856. The van der Waals surface area contributed by atoms with E-state index in [1.54, 1.807) is 0 Å². The Morgan fingerprint density at radius 2 is 2.21 bits per heavy atom. The van der Waals surface area contributed by atoms with E-state index < -0.39 is 0 Å². The number of fused-ring (bicyclic) bond motifs is 1. The number of carbonyl (C=O) groups excluding carboxylic acids is 1. The zero-order valence-electron chi connectivity index (χ0n) is 12.8. The van der Waals surface area contributed by atoms with E-state index in [0.717, 1.165) is 29.8 Å². The molecule has 0 spiro atoms. The molecule has 0 saturated carbocycles. The van der Waals surface area contributed by atoms with Crippen LogP contribution in [-0.2, 0) is 9.57 Å². The maximum atomic E-state index is 12.2. The monoisotopic (exact) mass is 348 g/mol. The summed E-state index contributed by atoms with van der Waals surface area (Å²) in [7, 11) is 0. The fourth-order valence-corrected chi connectivity index (χ4v) is 3.31. The molecule has 24 heavy (non-hydrogen) atoms. The third-order valence-corrected chi connectivity index (χ3v) is 4.82. The van der Waals surface area contributed by atoms with Gasteiger partial charge in [0.2, 0.25) is 6.79 Å². The minimum atomic E-state index is -0.371. The number of benzene rings is 1. The molecule has 1 fully saturated rings. The molecule has 0 unspecified atom stereocenters. The molecule has 2 aliphatic rings. The van der Waals surface area contributed by atoms with Gasteiger partial charge in [-0.25, -0.2) is 15.3 Å². The Morgan fingerprint density at radius 1 is 1.29 bits per heavy atom. The number of hydrogen-bond donors (Lipinski definition) is 1. The first kappa shape index (κ1) is 15.4. The van der Waals surface area contributed by atoms with Crippen molar-refractivity contribution in [3.05, 3.63) is 29.3 Å². The predicted molar refractivity (Wildman–Crippen MR) is 85.8 cm³/mol. The standard InChI is InChI=1S/C16H16N2O5S/c19-15(18-23-14-3-1-2-6-20-14)13-8-17-16(24-13)10-4-5-11-12(7-10)22-9-21-11/h4-5,7-8,14H,1-3,6,9H2,(H,18,19)/t14-/m0/s1. The van der Waals surface area contributed by atoms with Gasteiger partial charge in [-0.15, -0.1) is 11.3 Å². The van der Waals surface area contributed by atoms with Crippen molar-refractivity contribution in [2.45, 2.75) is 25.6 Å². The summed E-state index contributed by atoms with van der Waals surface area (Å²) in [5.41, 5.74) is 3.31. The summed E-state index contributed by atoms with van der Waals surface area (Å²) >= 11 is 1.29. The molecule has 2 aromatic rings. The second kappa shape index (κ2) is 6.76. The minimum absolute atomic E-state index is 0.227. The summed E-state index contributed by atoms with van der Waals surface area (Å²) in [6.07, 6.45) is 4.01. The van der Waals surface area contributed by atoms with Crippen LogP contribution in [0.2, 0.25) is 0 Å². The Balaban J connectivity index is 1.41. The number of nitrogens with zero attached hydrogens (tertiary/aromatic N) is 1. The van der Waals surface area contributed by atoms with Crippen molar-refractivity contribution in [2.75, 3.05) is 13.4 Å². The van der Waals surface area contributed by atoms with E-state index in [0.29, 0.717) is 23.0 Å². The van der Waals surface area contributed by atoms with Crippen molar-refractivity contribution in [1.29, 1.82) is 0 Å². The summed E-state index contributed by atoms with van der Waals surface area (Å²) in [4.78, 5) is 22.2. The van der Waals surface area contributed by atoms with Crippen LogP contribution in [0.1, 0.15) is 28.9 Å². The number of ether oxygens (including phenoxy) is 3. The highest BCUT2D eigenvalue weighted by Gasteiger charge is 2.19. The van der Waals surface area contributed by atoms with Crippen molar-refractivity contribution in [2.24, 2.45) is 0 Å². The van der Waals surface area contributed by atoms with Gasteiger partial charge in [0.15, 0.2) is 17.8 Å². The molecule has 3 heterocycles. The predicted octanol–water partition coefficient (Wildman–Crippen LogP) is 2.73. The van der Waals surface area contributed by atoms with Gasteiger partial charge >= 0.3 is 0 Å². The minimum Gasteiger partial charge on any atom is -0.454 e. The molecule has 0 radical (unpaired) electrons. The highest BCUT2D eigenvalue weighted by molar-refractivity contribution is 7.16. The highest BCUT2D eigenvalue weighted by Crippen LogP contribution is 2.36. The van der Waals surface area contributed by atoms with E-state index in [1.807, 2.05) is 18.2 Å². The lowest BCUT2D eigenvalue weighted by atomic mass is 10.2. The van der Waals surface area contributed by atoms with Gasteiger partial charge in [-0.3, -0.25) is 4.79 Å². The first-order chi connectivity index (χ1) is 11.8. The summed E-state index contributed by atoms with van der Waals surface area (Å²) in [5.74, 6) is 1.08. The fraction of sp³-hybridized carbons (Fsp3) is 0.375. The molecule has 1 atom stereocenters. The van der Waals surface area contributed by atoms with E-state index in [-0.39, 0.29) is 19.0 Å². The van der Waals surface area contributed by atoms with Crippen molar-refractivity contribution < 1.29 is 23.8 Å². The number of nitrogens with one attached hydrogen (secondary N) is 1. The molecule has 1 saturated heterocycles. The van der Waals surface area contributed by atoms with E-state index in [2.05, 4.69) is 10.5 Å². The average Bonchev–Trinajstić information content (AvgIpc) is 3.29. The summed E-state index contributed by atoms with van der Waals surface area (Å²) in [5, 5.41) is 0.729. The molecule has 7 nitrogen and oxygen atoms in total. The molecular weight excluding hydrogens is 332 g/mol. The third kappa shape index (κ3) is 3.21. The van der Waals surface area contributed by atoms with Crippen LogP contribution < -0.4 is 15.0 Å². The van der Waals surface area contributed by atoms with Crippen molar-refractivity contribution in [3.63, 3.8) is 0 Å². The molecule has 2 aliphatic heterocycles. The molecule has 1 aromatic heterocycles. The van der Waals surface area contributed by atoms with Gasteiger partial charge in [-0.2, -0.15) is 0 Å². The lowest BCUT2D eigenvalue weighted by Gasteiger charge is -2.21. The van der Waals surface area contributed by atoms with Crippen LogP contribution in [0, 0.1) is 0 Å². The number of carbonyl (C=O) groups is 1. The van der Waals surface area contributed by atoms with Gasteiger partial charge in [-0.1, -0.05) is 0 Å². The lowest BCUT2D eigenvalue weighted by Crippen LogP contribution is -2.32. The number of aromatic nitrogens is 1. The summed E-state index contributed by atoms with van der Waals surface area (Å²) in [6.45, 7) is 0.889. The lowest BCUT2D eigenvalue weighted by molar-refractivity contribution is -0.186. The first-order valence-corrected chi connectivity index (χ1v) is 8.55. The van der Waals surface area contributed by atoms with Gasteiger partial charge in [0.05, 0.1) is 6.20 Å². The summed E-state index contributed by atoms with van der Waals surface area (Å²) in [6, 6.07) is 5.58. The largest absolute Gasteiger partial charge is 0.454 e. The Kier molecular flexibility index (Phi) is 4.33. The van der Waals surface area contributed by atoms with Crippen LogP contribution in [0.15, 0.2) is 24.4 Å². The molecule has 1 aromatic carbocycles. The zero-order valence-corrected chi connectivity index (χ0v) is 13.6. The number of hydroxylamine groups is 1. The van der Waals surface area contributed by atoms with Crippen molar-refractivity contribution in [1.82, 2.24) is 10.5 Å². The van der Waals surface area contributed by atoms with Crippen molar-refractivity contribution in [3.8, 4) is 22.1 Å². The molecule has 8 heteroatoms. The van der Waals surface area contributed by atoms with Gasteiger partial charge in [0, 0.05) is 18.6 Å². The van der Waals surface area contributed by atoms with Crippen molar-refractivity contribution >= 4 is 17.2 Å². The number of rotatable bonds is 4. The molecule has 1 amide bonds. The molecule has 0 aliphatic carbocycles. The topological polar surface area (TPSA) is 78.9 Å². The third-order valence-electron chi connectivity index (χ3n) is 3.77. The molecule has 126 valence electrons. The highest BCUT2D eigenvalue weighted by atomic mass is 32.1. The number of hydrogen-bond acceptors (Lipinski definition) is 7. The van der Waals surface area contributed by atoms with Gasteiger partial charge in [-0.05, 0) is 31.0 Å². The zero-order chi connectivity index (χ0) is 16.4. The van der Waals surface area contributed by atoms with Gasteiger partial charge in [0.25, 0.3) is 5.91 Å². The van der Waals surface area contributed by atoms with Crippen LogP contribution in [0.3, 0.4) is 0 Å². The average molecular weight is 348 g/mol. The van der Waals surface area contributed by atoms with Gasteiger partial charge in [0.1, 0.15) is 9.88 Å². The summed E-state index contributed by atoms with van der Waals surface area (Å²) < 4.78 is 16.1. The Labute approximate surface area is 142 Å². The number of thiazole rings is 1. The Morgan fingerprint density at radius 3 is 3.08 bits per heavy atom. The van der Waals surface area contributed by atoms with Crippen LogP contribution in [0.4, 0.5) is 0 Å². The maximum Gasteiger partial charge on any atom is 0.286 e.